The van der Waals surface area contributed by atoms with Crippen LogP contribution in [0.5, 0.6) is 0 Å². The number of rotatable bonds is 5. The van der Waals surface area contributed by atoms with Crippen molar-refractivity contribution in [3.8, 4) is 0 Å². The molecule has 1 aliphatic rings. The van der Waals surface area contributed by atoms with Crippen molar-refractivity contribution in [2.45, 2.75) is 19.3 Å². The number of hydrogen-bond donors (Lipinski definition) is 1. The van der Waals surface area contributed by atoms with Crippen molar-refractivity contribution in [2.24, 2.45) is 5.41 Å². The monoisotopic (exact) mass is 283 g/mol. The van der Waals surface area contributed by atoms with E-state index in [1.165, 1.54) is 11.3 Å². The van der Waals surface area contributed by atoms with Gasteiger partial charge in [-0.3, -0.25) is 4.79 Å². The summed E-state index contributed by atoms with van der Waals surface area (Å²) in [6.07, 6.45) is 2.70. The van der Waals surface area contributed by atoms with Gasteiger partial charge in [0.15, 0.2) is 0 Å². The molecule has 0 bridgehead atoms. The third-order valence-electron chi connectivity index (χ3n) is 3.89. The van der Waals surface area contributed by atoms with E-state index in [-0.39, 0.29) is 17.9 Å². The Kier molecular flexibility index (Phi) is 4.96. The fourth-order valence-electron chi connectivity index (χ4n) is 2.68. The van der Waals surface area contributed by atoms with Crippen LogP contribution in [0.2, 0.25) is 0 Å². The SMILES string of the molecule is COCC[C@]1(CO)CCCN(C(=O)c2ccsc2)C1. The summed E-state index contributed by atoms with van der Waals surface area (Å²) < 4.78 is 5.13. The second-order valence-corrected chi connectivity index (χ2v) is 6.02. The number of aliphatic hydroxyl groups is 1. The molecular formula is C14H21NO3S. The van der Waals surface area contributed by atoms with Gasteiger partial charge in [0.05, 0.1) is 12.2 Å². The molecule has 2 heterocycles. The molecule has 1 aliphatic heterocycles. The Hall–Kier alpha value is -0.910. The van der Waals surface area contributed by atoms with Gasteiger partial charge in [0.2, 0.25) is 0 Å². The summed E-state index contributed by atoms with van der Waals surface area (Å²) >= 11 is 1.53. The minimum Gasteiger partial charge on any atom is -0.396 e. The number of ether oxygens (including phenoxy) is 1. The van der Waals surface area contributed by atoms with Crippen LogP contribution in [-0.4, -0.2) is 49.3 Å². The number of methoxy groups -OCH3 is 1. The van der Waals surface area contributed by atoms with Gasteiger partial charge in [0.1, 0.15) is 0 Å². The van der Waals surface area contributed by atoms with E-state index >= 15 is 0 Å². The third kappa shape index (κ3) is 3.35. The maximum absolute atomic E-state index is 12.4. The molecular weight excluding hydrogens is 262 g/mol. The average Bonchev–Trinajstić information content (AvgIpc) is 2.99. The molecule has 0 unspecified atom stereocenters. The molecule has 5 heteroatoms. The summed E-state index contributed by atoms with van der Waals surface area (Å²) in [7, 11) is 1.67. The van der Waals surface area contributed by atoms with Gasteiger partial charge < -0.3 is 14.7 Å². The van der Waals surface area contributed by atoms with Crippen LogP contribution in [0.1, 0.15) is 29.6 Å². The largest absolute Gasteiger partial charge is 0.396 e. The number of thiophene rings is 1. The van der Waals surface area contributed by atoms with Crippen molar-refractivity contribution in [2.75, 3.05) is 33.4 Å². The van der Waals surface area contributed by atoms with Crippen molar-refractivity contribution < 1.29 is 14.6 Å². The van der Waals surface area contributed by atoms with E-state index in [4.69, 9.17) is 4.74 Å². The highest BCUT2D eigenvalue weighted by atomic mass is 32.1. The molecule has 1 aromatic heterocycles. The van der Waals surface area contributed by atoms with Gasteiger partial charge in [-0.2, -0.15) is 11.3 Å². The molecule has 0 saturated carbocycles. The van der Waals surface area contributed by atoms with E-state index in [1.54, 1.807) is 7.11 Å². The lowest BCUT2D eigenvalue weighted by atomic mass is 9.78. The lowest BCUT2D eigenvalue weighted by Crippen LogP contribution is -2.48. The normalized spacial score (nSPS) is 23.6. The van der Waals surface area contributed by atoms with Crippen LogP contribution >= 0.6 is 11.3 Å². The standard InChI is InChI=1S/C14H21NO3S/c1-18-7-5-14(11-16)4-2-6-15(10-14)13(17)12-3-8-19-9-12/h3,8-9,16H,2,4-7,10-11H2,1H3/t14-/m1/s1. The molecule has 1 saturated heterocycles. The first-order valence-corrected chi connectivity index (χ1v) is 7.56. The number of amides is 1. The molecule has 4 nitrogen and oxygen atoms in total. The van der Waals surface area contributed by atoms with Crippen LogP contribution < -0.4 is 0 Å². The highest BCUT2D eigenvalue weighted by Crippen LogP contribution is 2.33. The second kappa shape index (κ2) is 6.50. The van der Waals surface area contributed by atoms with Crippen molar-refractivity contribution in [3.63, 3.8) is 0 Å². The molecule has 1 amide bonds. The number of likely N-dealkylation sites (tertiary alicyclic amines) is 1. The molecule has 2 rings (SSSR count). The van der Waals surface area contributed by atoms with Gasteiger partial charge >= 0.3 is 0 Å². The van der Waals surface area contributed by atoms with Gasteiger partial charge in [-0.05, 0) is 30.7 Å². The zero-order valence-corrected chi connectivity index (χ0v) is 12.1. The topological polar surface area (TPSA) is 49.8 Å². The molecule has 1 fully saturated rings. The summed E-state index contributed by atoms with van der Waals surface area (Å²) in [5.74, 6) is 0.0798. The zero-order valence-electron chi connectivity index (χ0n) is 11.3. The smallest absolute Gasteiger partial charge is 0.254 e. The minimum atomic E-state index is -0.195. The first-order valence-electron chi connectivity index (χ1n) is 6.62. The Labute approximate surface area is 118 Å². The summed E-state index contributed by atoms with van der Waals surface area (Å²) in [6.45, 7) is 2.15. The van der Waals surface area contributed by atoms with Crippen LogP contribution in [0.25, 0.3) is 0 Å². The van der Waals surface area contributed by atoms with Gasteiger partial charge in [0, 0.05) is 37.6 Å². The Bertz CT molecular complexity index is 407. The molecule has 1 atom stereocenters. The van der Waals surface area contributed by atoms with Gasteiger partial charge in [-0.1, -0.05) is 0 Å². The van der Waals surface area contributed by atoms with E-state index in [0.717, 1.165) is 31.4 Å². The zero-order chi connectivity index (χ0) is 13.7. The predicted molar refractivity (Wildman–Crippen MR) is 75.5 cm³/mol. The number of hydrogen-bond acceptors (Lipinski definition) is 4. The summed E-state index contributed by atoms with van der Waals surface area (Å²) in [6, 6.07) is 1.86. The number of nitrogens with zero attached hydrogens (tertiary/aromatic N) is 1. The van der Waals surface area contributed by atoms with E-state index in [1.807, 2.05) is 21.7 Å². The van der Waals surface area contributed by atoms with Gasteiger partial charge in [-0.15, -0.1) is 0 Å². The number of aliphatic hydroxyl groups excluding tert-OH is 1. The van der Waals surface area contributed by atoms with Crippen LogP contribution in [0.15, 0.2) is 16.8 Å². The molecule has 19 heavy (non-hydrogen) atoms. The number of carbonyl (C=O) groups excluding carboxylic acids is 1. The Morgan fingerprint density at radius 1 is 1.63 bits per heavy atom. The third-order valence-corrected chi connectivity index (χ3v) is 4.57. The van der Waals surface area contributed by atoms with E-state index in [9.17, 15) is 9.90 Å². The highest BCUT2D eigenvalue weighted by Gasteiger charge is 2.36. The molecule has 1 aromatic rings. The number of carbonyl (C=O) groups is 1. The van der Waals surface area contributed by atoms with Crippen molar-refractivity contribution in [1.29, 1.82) is 0 Å². The average molecular weight is 283 g/mol. The second-order valence-electron chi connectivity index (χ2n) is 5.24. The Balaban J connectivity index is 2.05. The quantitative estimate of drug-likeness (QED) is 0.899. The number of piperidine rings is 1. The van der Waals surface area contributed by atoms with E-state index < -0.39 is 0 Å². The van der Waals surface area contributed by atoms with E-state index in [2.05, 4.69) is 0 Å². The maximum atomic E-state index is 12.4. The van der Waals surface area contributed by atoms with Crippen molar-refractivity contribution in [3.05, 3.63) is 22.4 Å². The molecule has 0 aromatic carbocycles. The summed E-state index contributed by atoms with van der Waals surface area (Å²) in [5, 5.41) is 13.5. The van der Waals surface area contributed by atoms with E-state index in [0.29, 0.717) is 13.2 Å². The first kappa shape index (κ1) is 14.5. The molecule has 1 N–H and O–H groups in total. The molecule has 0 radical (unpaired) electrons. The lowest BCUT2D eigenvalue weighted by Gasteiger charge is -2.41. The van der Waals surface area contributed by atoms with Crippen LogP contribution in [0.3, 0.4) is 0 Å². The van der Waals surface area contributed by atoms with Gasteiger partial charge in [-0.25, -0.2) is 0 Å². The molecule has 106 valence electrons. The van der Waals surface area contributed by atoms with Gasteiger partial charge in [0.25, 0.3) is 5.91 Å². The molecule has 0 spiro atoms. The van der Waals surface area contributed by atoms with Crippen LogP contribution in [0, 0.1) is 5.41 Å². The Morgan fingerprint density at radius 2 is 2.47 bits per heavy atom. The highest BCUT2D eigenvalue weighted by molar-refractivity contribution is 7.08. The van der Waals surface area contributed by atoms with Crippen LogP contribution in [-0.2, 0) is 4.74 Å². The van der Waals surface area contributed by atoms with Crippen molar-refractivity contribution >= 4 is 17.2 Å². The fraction of sp³-hybridized carbons (Fsp3) is 0.643. The Morgan fingerprint density at radius 3 is 3.11 bits per heavy atom. The fourth-order valence-corrected chi connectivity index (χ4v) is 3.31. The van der Waals surface area contributed by atoms with Crippen LogP contribution in [0.4, 0.5) is 0 Å². The summed E-state index contributed by atoms with van der Waals surface area (Å²) in [4.78, 5) is 14.2. The first-order chi connectivity index (χ1) is 9.21. The molecule has 0 aliphatic carbocycles. The maximum Gasteiger partial charge on any atom is 0.254 e. The minimum absolute atomic E-state index is 0.0798. The lowest BCUT2D eigenvalue weighted by molar-refractivity contribution is 0.00901. The summed E-state index contributed by atoms with van der Waals surface area (Å²) in [5.41, 5.74) is 0.561. The van der Waals surface area contributed by atoms with Crippen molar-refractivity contribution in [1.82, 2.24) is 4.90 Å². The predicted octanol–water partition coefficient (Wildman–Crippen LogP) is 2.00.